The van der Waals surface area contributed by atoms with Gasteiger partial charge < -0.3 is 10.2 Å². The maximum absolute atomic E-state index is 11.9. The topological polar surface area (TPSA) is 81.0 Å². The molecule has 30 heavy (non-hydrogen) atoms. The molecule has 4 saturated carbocycles. The first kappa shape index (κ1) is 22.5. The van der Waals surface area contributed by atoms with Crippen molar-refractivity contribution in [2.45, 2.75) is 97.2 Å². The molecule has 5 heteroatoms. The number of hydroxylamine groups is 2. The van der Waals surface area contributed by atoms with Crippen LogP contribution in [-0.2, 0) is 4.79 Å². The lowest BCUT2D eigenvalue weighted by Crippen LogP contribution is -2.58. The van der Waals surface area contributed by atoms with Crippen LogP contribution in [0.5, 0.6) is 0 Å². The Kier molecular flexibility index (Phi) is 6.04. The van der Waals surface area contributed by atoms with Crippen molar-refractivity contribution in [1.82, 2.24) is 5.06 Å². The zero-order valence-electron chi connectivity index (χ0n) is 19.4. The molecule has 4 aliphatic rings. The molecule has 4 rings (SSSR count). The number of nitrogens with zero attached hydrogens (tertiary/aromatic N) is 1. The third kappa shape index (κ3) is 3.53. The maximum Gasteiger partial charge on any atom is 0.245 e. The van der Waals surface area contributed by atoms with Crippen LogP contribution in [0.3, 0.4) is 0 Å². The number of hydrogen-bond acceptors (Lipinski definition) is 4. The standard InChI is InChI=1S/C25H43NO4/c1-15(5-8-22(29)26(4)30)18-6-7-19-23-20(10-12-25(18,19)3)24(2)11-9-17(27)13-16(24)14-21(23)28/h15-21,23,27-28,30H,5-14H2,1-4H3/t15-,16?,17-,18?,19+,20+,21-,23+,24?,25?/m1/s1. The van der Waals surface area contributed by atoms with Crippen molar-refractivity contribution in [2.24, 2.45) is 46.3 Å². The molecule has 0 aliphatic heterocycles. The zero-order valence-corrected chi connectivity index (χ0v) is 19.4. The predicted molar refractivity (Wildman–Crippen MR) is 116 cm³/mol. The summed E-state index contributed by atoms with van der Waals surface area (Å²) < 4.78 is 0. The number of carbonyl (C=O) groups is 1. The van der Waals surface area contributed by atoms with E-state index in [1.807, 2.05) is 0 Å². The fourth-order valence-electron chi connectivity index (χ4n) is 8.89. The van der Waals surface area contributed by atoms with Gasteiger partial charge in [-0.15, -0.1) is 0 Å². The maximum atomic E-state index is 11.9. The van der Waals surface area contributed by atoms with Crippen molar-refractivity contribution in [3.63, 3.8) is 0 Å². The van der Waals surface area contributed by atoms with E-state index in [0.717, 1.165) is 32.1 Å². The molecule has 0 heterocycles. The van der Waals surface area contributed by atoms with Gasteiger partial charge in [-0.3, -0.25) is 10.0 Å². The van der Waals surface area contributed by atoms with Crippen molar-refractivity contribution < 1.29 is 20.2 Å². The molecule has 0 spiro atoms. The van der Waals surface area contributed by atoms with Gasteiger partial charge in [-0.05, 0) is 104 Å². The number of rotatable bonds is 4. The molecule has 0 saturated heterocycles. The van der Waals surface area contributed by atoms with Gasteiger partial charge in [0.15, 0.2) is 0 Å². The molecule has 4 fully saturated rings. The molecule has 1 amide bonds. The van der Waals surface area contributed by atoms with Crippen molar-refractivity contribution in [3.05, 3.63) is 0 Å². The number of amides is 1. The summed E-state index contributed by atoms with van der Waals surface area (Å²) >= 11 is 0. The summed E-state index contributed by atoms with van der Waals surface area (Å²) in [5, 5.41) is 31.6. The summed E-state index contributed by atoms with van der Waals surface area (Å²) in [5.41, 5.74) is 0.513. The lowest BCUT2D eigenvalue weighted by atomic mass is 9.43. The molecule has 5 nitrogen and oxygen atoms in total. The number of hydrogen-bond donors (Lipinski definition) is 3. The van der Waals surface area contributed by atoms with E-state index in [2.05, 4.69) is 20.8 Å². The SMILES string of the molecule is C[C@H](CCC(=O)N(C)O)C1CC[C@H]2[C@@H]3[C@H](O)CC4C[C@H](O)CCC4(C)[C@H]3CCC12C. The van der Waals surface area contributed by atoms with Gasteiger partial charge in [-0.1, -0.05) is 20.8 Å². The van der Waals surface area contributed by atoms with Gasteiger partial charge in [0, 0.05) is 13.5 Å². The van der Waals surface area contributed by atoms with E-state index in [0.29, 0.717) is 47.0 Å². The van der Waals surface area contributed by atoms with Gasteiger partial charge in [0.1, 0.15) is 0 Å². The van der Waals surface area contributed by atoms with E-state index in [9.17, 15) is 20.2 Å². The third-order valence-electron chi connectivity index (χ3n) is 10.6. The van der Waals surface area contributed by atoms with Gasteiger partial charge in [0.25, 0.3) is 0 Å². The Morgan fingerprint density at radius 2 is 1.70 bits per heavy atom. The number of carbonyl (C=O) groups excluding carboxylic acids is 1. The van der Waals surface area contributed by atoms with Crippen molar-refractivity contribution in [1.29, 1.82) is 0 Å². The van der Waals surface area contributed by atoms with Gasteiger partial charge in [0.2, 0.25) is 5.91 Å². The van der Waals surface area contributed by atoms with Gasteiger partial charge in [0.05, 0.1) is 12.2 Å². The summed E-state index contributed by atoms with van der Waals surface area (Å²) in [6.07, 6.45) is 9.37. The van der Waals surface area contributed by atoms with Crippen LogP contribution in [-0.4, -0.2) is 45.6 Å². The Morgan fingerprint density at radius 1 is 1.03 bits per heavy atom. The Balaban J connectivity index is 1.51. The molecule has 3 N–H and O–H groups in total. The summed E-state index contributed by atoms with van der Waals surface area (Å²) in [6, 6.07) is 0. The second kappa shape index (κ2) is 8.04. The van der Waals surface area contributed by atoms with Crippen LogP contribution in [0.15, 0.2) is 0 Å². The van der Waals surface area contributed by atoms with Crippen molar-refractivity contribution in [3.8, 4) is 0 Å². The second-order valence-corrected chi connectivity index (χ2v) is 11.9. The van der Waals surface area contributed by atoms with Crippen LogP contribution in [0, 0.1) is 46.3 Å². The first-order valence-corrected chi connectivity index (χ1v) is 12.4. The molecule has 172 valence electrons. The predicted octanol–water partition coefficient (Wildman–Crippen LogP) is 4.24. The van der Waals surface area contributed by atoms with Crippen LogP contribution in [0.4, 0.5) is 0 Å². The Morgan fingerprint density at radius 3 is 2.40 bits per heavy atom. The van der Waals surface area contributed by atoms with Crippen LogP contribution in [0.2, 0.25) is 0 Å². The van der Waals surface area contributed by atoms with E-state index in [-0.39, 0.29) is 28.9 Å². The molecule has 4 aliphatic carbocycles. The highest BCUT2D eigenvalue weighted by molar-refractivity contribution is 5.74. The van der Waals surface area contributed by atoms with Gasteiger partial charge >= 0.3 is 0 Å². The zero-order chi connectivity index (χ0) is 21.8. The quantitative estimate of drug-likeness (QED) is 0.468. The van der Waals surface area contributed by atoms with Crippen LogP contribution in [0.25, 0.3) is 0 Å². The fourth-order valence-corrected chi connectivity index (χ4v) is 8.89. The molecule has 0 radical (unpaired) electrons. The Bertz CT molecular complexity index is 653. The lowest BCUT2D eigenvalue weighted by Gasteiger charge is -2.62. The first-order chi connectivity index (χ1) is 14.1. The summed E-state index contributed by atoms with van der Waals surface area (Å²) in [4.78, 5) is 11.9. The highest BCUT2D eigenvalue weighted by Gasteiger charge is 2.62. The average Bonchev–Trinajstić information content (AvgIpc) is 3.04. The van der Waals surface area contributed by atoms with Crippen molar-refractivity contribution >= 4 is 5.91 Å². The number of aliphatic hydroxyl groups is 2. The Hall–Kier alpha value is -0.650. The second-order valence-electron chi connectivity index (χ2n) is 11.9. The summed E-state index contributed by atoms with van der Waals surface area (Å²) in [5.74, 6) is 2.84. The fraction of sp³-hybridized carbons (Fsp3) is 0.960. The summed E-state index contributed by atoms with van der Waals surface area (Å²) in [6.45, 7) is 7.21. The molecular formula is C25H43NO4. The van der Waals surface area contributed by atoms with Crippen molar-refractivity contribution in [2.75, 3.05) is 7.05 Å². The minimum Gasteiger partial charge on any atom is -0.393 e. The van der Waals surface area contributed by atoms with E-state index in [1.54, 1.807) is 0 Å². The molecule has 0 aromatic heterocycles. The van der Waals surface area contributed by atoms with Crippen LogP contribution in [0.1, 0.15) is 85.0 Å². The van der Waals surface area contributed by atoms with Gasteiger partial charge in [-0.2, -0.15) is 0 Å². The normalized spacial score (nSPS) is 49.0. The molecule has 10 atom stereocenters. The molecule has 0 aromatic rings. The highest BCUT2D eigenvalue weighted by Crippen LogP contribution is 2.68. The summed E-state index contributed by atoms with van der Waals surface area (Å²) in [7, 11) is 1.41. The largest absolute Gasteiger partial charge is 0.393 e. The number of fused-ring (bicyclic) bond motifs is 5. The Labute approximate surface area is 182 Å². The minimum atomic E-state index is -0.235. The van der Waals surface area contributed by atoms with Crippen LogP contribution < -0.4 is 0 Å². The van der Waals surface area contributed by atoms with E-state index >= 15 is 0 Å². The van der Waals surface area contributed by atoms with E-state index in [1.165, 1.54) is 32.7 Å². The molecular weight excluding hydrogens is 378 g/mol. The van der Waals surface area contributed by atoms with Crippen LogP contribution >= 0.6 is 0 Å². The minimum absolute atomic E-state index is 0.182. The average molecular weight is 422 g/mol. The van der Waals surface area contributed by atoms with Gasteiger partial charge in [-0.25, -0.2) is 5.06 Å². The smallest absolute Gasteiger partial charge is 0.245 e. The molecule has 0 aromatic carbocycles. The molecule has 4 unspecified atom stereocenters. The third-order valence-corrected chi connectivity index (χ3v) is 10.6. The van der Waals surface area contributed by atoms with E-state index < -0.39 is 0 Å². The lowest BCUT2D eigenvalue weighted by molar-refractivity contribution is -0.174. The monoisotopic (exact) mass is 421 g/mol. The van der Waals surface area contributed by atoms with E-state index in [4.69, 9.17) is 0 Å². The molecule has 0 bridgehead atoms. The first-order valence-electron chi connectivity index (χ1n) is 12.4. The highest BCUT2D eigenvalue weighted by atomic mass is 16.5. The number of aliphatic hydroxyl groups excluding tert-OH is 2.